The smallest absolute Gasteiger partial charge is 0.0402 e. The monoisotopic (exact) mass is 323 g/mol. The normalized spacial score (nSPS) is 14.4. The van der Waals surface area contributed by atoms with Gasteiger partial charge in [0.25, 0.3) is 0 Å². The minimum atomic E-state index is 0.356. The molecule has 1 aromatic carbocycles. The predicted molar refractivity (Wildman–Crippen MR) is 83.2 cm³/mol. The molecule has 1 nitrogen and oxygen atoms in total. The van der Waals surface area contributed by atoms with Crippen molar-refractivity contribution in [1.29, 1.82) is 0 Å². The van der Waals surface area contributed by atoms with E-state index in [-0.39, 0.29) is 0 Å². The third-order valence-electron chi connectivity index (χ3n) is 3.12. The van der Waals surface area contributed by atoms with Gasteiger partial charge in [0.1, 0.15) is 0 Å². The van der Waals surface area contributed by atoms with Crippen molar-refractivity contribution >= 4 is 27.3 Å². The molecule has 2 atom stereocenters. The number of aryl methyl sites for hydroxylation is 1. The molecular weight excluding hydrogens is 306 g/mol. The van der Waals surface area contributed by atoms with Crippen LogP contribution in [0.25, 0.3) is 0 Å². The summed E-state index contributed by atoms with van der Waals surface area (Å²) in [5.74, 6) is 0. The van der Waals surface area contributed by atoms with Crippen LogP contribution in [-0.2, 0) is 0 Å². The van der Waals surface area contributed by atoms with Crippen LogP contribution in [-0.4, -0.2) is 0 Å². The van der Waals surface area contributed by atoms with Gasteiger partial charge in [0.05, 0.1) is 0 Å². The van der Waals surface area contributed by atoms with Gasteiger partial charge >= 0.3 is 0 Å². The Morgan fingerprint density at radius 3 is 2.28 bits per heavy atom. The highest BCUT2D eigenvalue weighted by atomic mass is 79.9. The second-order valence-corrected chi connectivity index (χ2v) is 6.46. The topological polar surface area (TPSA) is 12.0 Å². The number of benzene rings is 1. The summed E-state index contributed by atoms with van der Waals surface area (Å²) >= 11 is 5.38. The van der Waals surface area contributed by atoms with E-state index in [2.05, 4.69) is 77.7 Å². The summed E-state index contributed by atoms with van der Waals surface area (Å²) < 4.78 is 1.20. The Balaban J connectivity index is 2.05. The van der Waals surface area contributed by atoms with E-state index >= 15 is 0 Å². The molecule has 3 heteroatoms. The minimum absolute atomic E-state index is 0.356. The van der Waals surface area contributed by atoms with Crippen LogP contribution in [0.15, 0.2) is 40.2 Å². The number of rotatable bonds is 4. The molecule has 18 heavy (non-hydrogen) atoms. The molecule has 0 aliphatic heterocycles. The van der Waals surface area contributed by atoms with Crippen LogP contribution in [0.3, 0.4) is 0 Å². The predicted octanol–water partition coefficient (Wildman–Crippen LogP) is 5.23. The summed E-state index contributed by atoms with van der Waals surface area (Å²) in [5, 5.41) is 5.76. The van der Waals surface area contributed by atoms with Crippen molar-refractivity contribution in [2.24, 2.45) is 0 Å². The van der Waals surface area contributed by atoms with E-state index in [1.54, 1.807) is 11.3 Å². The van der Waals surface area contributed by atoms with Gasteiger partial charge in [-0.25, -0.2) is 0 Å². The van der Waals surface area contributed by atoms with Gasteiger partial charge in [-0.05, 0) is 53.7 Å². The maximum absolute atomic E-state index is 3.64. The molecule has 0 radical (unpaired) electrons. The fourth-order valence-electron chi connectivity index (χ4n) is 2.02. The molecular formula is C15H18BrNS. The van der Waals surface area contributed by atoms with Gasteiger partial charge < -0.3 is 5.32 Å². The highest BCUT2D eigenvalue weighted by Crippen LogP contribution is 2.30. The van der Waals surface area contributed by atoms with Gasteiger partial charge in [0.15, 0.2) is 0 Å². The summed E-state index contributed by atoms with van der Waals surface area (Å²) in [4.78, 5) is 1.36. The summed E-state index contributed by atoms with van der Waals surface area (Å²) in [5.41, 5.74) is 2.64. The van der Waals surface area contributed by atoms with Gasteiger partial charge in [-0.15, -0.1) is 11.3 Å². The van der Waals surface area contributed by atoms with Gasteiger partial charge in [-0.3, -0.25) is 0 Å². The molecule has 1 aromatic heterocycles. The van der Waals surface area contributed by atoms with E-state index < -0.39 is 0 Å². The molecule has 2 aromatic rings. The van der Waals surface area contributed by atoms with Crippen LogP contribution in [0, 0.1) is 6.92 Å². The van der Waals surface area contributed by atoms with E-state index in [4.69, 9.17) is 0 Å². The Morgan fingerprint density at radius 2 is 1.72 bits per heavy atom. The largest absolute Gasteiger partial charge is 0.303 e. The Kier molecular flexibility index (Phi) is 4.60. The fraction of sp³-hybridized carbons (Fsp3) is 0.333. The lowest BCUT2D eigenvalue weighted by Gasteiger charge is -2.20. The molecule has 0 fully saturated rings. The van der Waals surface area contributed by atoms with E-state index in [1.807, 2.05) is 0 Å². The van der Waals surface area contributed by atoms with Gasteiger partial charge in [0.2, 0.25) is 0 Å². The molecule has 1 unspecified atom stereocenters. The molecule has 0 spiro atoms. The lowest BCUT2D eigenvalue weighted by Crippen LogP contribution is -2.22. The van der Waals surface area contributed by atoms with Crippen LogP contribution >= 0.6 is 27.3 Å². The van der Waals surface area contributed by atoms with Gasteiger partial charge in [-0.2, -0.15) is 0 Å². The molecule has 0 aliphatic rings. The standard InChI is InChI=1S/C15H18BrNS/c1-10-4-6-13(7-5-10)11(2)17-12(3)15-14(16)8-9-18-15/h4-9,11-12,17H,1-3H3/t11-,12?/m0/s1. The van der Waals surface area contributed by atoms with Gasteiger partial charge in [0, 0.05) is 21.4 Å². The van der Waals surface area contributed by atoms with Crippen molar-refractivity contribution in [3.05, 3.63) is 56.2 Å². The highest BCUT2D eigenvalue weighted by molar-refractivity contribution is 9.10. The third kappa shape index (κ3) is 3.22. The fourth-order valence-corrected chi connectivity index (χ4v) is 3.75. The van der Waals surface area contributed by atoms with Crippen LogP contribution in [0.2, 0.25) is 0 Å². The molecule has 0 amide bonds. The van der Waals surface area contributed by atoms with Crippen LogP contribution in [0.5, 0.6) is 0 Å². The molecule has 0 saturated carbocycles. The number of halogens is 1. The summed E-state index contributed by atoms with van der Waals surface area (Å²) in [6, 6.07) is 11.5. The van der Waals surface area contributed by atoms with E-state index in [0.717, 1.165) is 0 Å². The molecule has 0 saturated heterocycles. The second kappa shape index (κ2) is 6.00. The maximum Gasteiger partial charge on any atom is 0.0402 e. The van der Waals surface area contributed by atoms with E-state index in [0.29, 0.717) is 12.1 Å². The highest BCUT2D eigenvalue weighted by Gasteiger charge is 2.14. The average molecular weight is 324 g/mol. The van der Waals surface area contributed by atoms with Crippen LogP contribution in [0.1, 0.15) is 41.9 Å². The quantitative estimate of drug-likeness (QED) is 0.812. The summed E-state index contributed by atoms with van der Waals surface area (Å²) in [7, 11) is 0. The Bertz CT molecular complexity index is 503. The molecule has 96 valence electrons. The summed E-state index contributed by atoms with van der Waals surface area (Å²) in [6.45, 7) is 6.54. The minimum Gasteiger partial charge on any atom is -0.303 e. The van der Waals surface area contributed by atoms with Crippen molar-refractivity contribution in [2.75, 3.05) is 0 Å². The second-order valence-electron chi connectivity index (χ2n) is 4.65. The van der Waals surface area contributed by atoms with Crippen molar-refractivity contribution in [1.82, 2.24) is 5.32 Å². The Labute approximate surface area is 121 Å². The first-order valence-corrected chi connectivity index (χ1v) is 7.80. The van der Waals surface area contributed by atoms with Crippen molar-refractivity contribution < 1.29 is 0 Å². The number of hydrogen-bond acceptors (Lipinski definition) is 2. The van der Waals surface area contributed by atoms with E-state index in [1.165, 1.54) is 20.5 Å². The first-order valence-electron chi connectivity index (χ1n) is 6.13. The zero-order valence-electron chi connectivity index (χ0n) is 10.9. The Hall–Kier alpha value is -0.640. The zero-order valence-corrected chi connectivity index (χ0v) is 13.3. The molecule has 1 N–H and O–H groups in total. The van der Waals surface area contributed by atoms with Crippen molar-refractivity contribution in [3.63, 3.8) is 0 Å². The maximum atomic E-state index is 3.64. The van der Waals surface area contributed by atoms with Gasteiger partial charge in [-0.1, -0.05) is 29.8 Å². The summed E-state index contributed by atoms with van der Waals surface area (Å²) in [6.07, 6.45) is 0. The number of hydrogen-bond donors (Lipinski definition) is 1. The lowest BCUT2D eigenvalue weighted by atomic mass is 10.1. The van der Waals surface area contributed by atoms with Crippen LogP contribution < -0.4 is 5.32 Å². The average Bonchev–Trinajstić information content (AvgIpc) is 2.76. The van der Waals surface area contributed by atoms with E-state index in [9.17, 15) is 0 Å². The van der Waals surface area contributed by atoms with Crippen molar-refractivity contribution in [2.45, 2.75) is 32.9 Å². The lowest BCUT2D eigenvalue weighted by molar-refractivity contribution is 0.499. The molecule has 1 heterocycles. The molecule has 0 bridgehead atoms. The van der Waals surface area contributed by atoms with Crippen molar-refractivity contribution in [3.8, 4) is 0 Å². The molecule has 0 aliphatic carbocycles. The molecule has 2 rings (SSSR count). The zero-order chi connectivity index (χ0) is 13.1. The Morgan fingerprint density at radius 1 is 1.06 bits per heavy atom. The number of nitrogens with one attached hydrogen (secondary N) is 1. The third-order valence-corrected chi connectivity index (χ3v) is 5.17. The first kappa shape index (κ1) is 13.8. The number of thiophene rings is 1. The first-order chi connectivity index (χ1) is 8.58. The SMILES string of the molecule is Cc1ccc([C@H](C)NC(C)c2sccc2Br)cc1. The van der Waals surface area contributed by atoms with Crippen LogP contribution in [0.4, 0.5) is 0 Å².